The maximum absolute atomic E-state index is 9.81. The summed E-state index contributed by atoms with van der Waals surface area (Å²) in [7, 11) is 0. The fraction of sp³-hybridized carbons (Fsp3) is 0.333. The van der Waals surface area contributed by atoms with Crippen LogP contribution in [0.15, 0.2) is 37.0 Å². The van der Waals surface area contributed by atoms with Gasteiger partial charge in [-0.2, -0.15) is 0 Å². The minimum absolute atomic E-state index is 0. The molecule has 1 N–H and O–H groups in total. The second-order valence-corrected chi connectivity index (χ2v) is 4.45. The van der Waals surface area contributed by atoms with Crippen LogP contribution in [0, 0.1) is 0 Å². The molecule has 0 saturated carbocycles. The van der Waals surface area contributed by atoms with Crippen LogP contribution >= 0.6 is 11.8 Å². The number of allylic oxidation sites excluding steroid dienone is 3. The Labute approximate surface area is 92.8 Å². The second-order valence-electron chi connectivity index (χ2n) is 2.90. The largest absolute Gasteiger partial charge is 0.374 e. The quantitative estimate of drug-likeness (QED) is 0.399. The number of thioether (sulfide) groups is 1. The summed E-state index contributed by atoms with van der Waals surface area (Å²) in [6.45, 7) is 3.68. The predicted molar refractivity (Wildman–Crippen MR) is 56.9 cm³/mol. The highest BCUT2D eigenvalue weighted by molar-refractivity contribution is 8.09. The molecule has 1 fully saturated rings. The number of aliphatic hydroxyl groups is 1. The number of fused-ring (bicyclic) bond motifs is 1. The lowest BCUT2D eigenvalue weighted by Crippen LogP contribution is -2.22. The first kappa shape index (κ1) is 10.4. The first-order valence-corrected chi connectivity index (χ1v) is 4.45. The molecule has 0 radical (unpaired) electrons. The predicted octanol–water partition coefficient (Wildman–Crippen LogP) is 0.946. The maximum atomic E-state index is 9.81. The highest BCUT2D eigenvalue weighted by Gasteiger charge is 2.65. The summed E-state index contributed by atoms with van der Waals surface area (Å²) in [5.41, 5.74) is 0. The van der Waals surface area contributed by atoms with Crippen molar-refractivity contribution in [3.8, 4) is 0 Å². The highest BCUT2D eigenvalue weighted by atomic mass is 32.2. The summed E-state index contributed by atoms with van der Waals surface area (Å²) in [4.78, 5) is -0.629. The van der Waals surface area contributed by atoms with Gasteiger partial charge in [-0.3, -0.25) is 0 Å². The summed E-state index contributed by atoms with van der Waals surface area (Å²) in [5.74, 6) is 0. The molecule has 3 heteroatoms. The van der Waals surface area contributed by atoms with E-state index in [4.69, 9.17) is 0 Å². The first-order valence-electron chi connectivity index (χ1n) is 3.63. The van der Waals surface area contributed by atoms with Gasteiger partial charge in [0, 0.05) is 0 Å². The lowest BCUT2D eigenvalue weighted by Gasteiger charge is -2.12. The van der Waals surface area contributed by atoms with E-state index in [-0.39, 0.29) is 27.8 Å². The van der Waals surface area contributed by atoms with Gasteiger partial charge in [-0.05, 0) is 12.5 Å². The molecule has 1 aliphatic heterocycles. The fourth-order valence-electron chi connectivity index (χ4n) is 1.45. The van der Waals surface area contributed by atoms with Crippen LogP contribution in [-0.2, 0) is 0 Å². The molecular weight excluding hydrogens is 180 g/mol. The number of rotatable bonds is 2. The summed E-state index contributed by atoms with van der Waals surface area (Å²) in [6.07, 6.45) is 10.5. The summed E-state index contributed by atoms with van der Waals surface area (Å²) in [6, 6.07) is 0. The van der Waals surface area contributed by atoms with Gasteiger partial charge in [0.05, 0.1) is 4.75 Å². The molecule has 0 spiro atoms. The Morgan fingerprint density at radius 2 is 2.08 bits per heavy atom. The molecule has 1 nitrogen and oxygen atoms in total. The van der Waals surface area contributed by atoms with Crippen LogP contribution in [0.5, 0.6) is 0 Å². The van der Waals surface area contributed by atoms with Crippen molar-refractivity contribution < 1.29 is 5.11 Å². The average molecular weight is 193 g/mol. The third-order valence-corrected chi connectivity index (χ3v) is 3.73. The Balaban J connectivity index is 0.000000720. The SMILES string of the molecule is C=CCC12C=CC=CC1(O)S2.[MgH2]. The molecule has 0 amide bonds. The van der Waals surface area contributed by atoms with Crippen LogP contribution < -0.4 is 0 Å². The second kappa shape index (κ2) is 3.22. The Kier molecular flexibility index (Phi) is 2.78. The van der Waals surface area contributed by atoms with Gasteiger partial charge < -0.3 is 5.11 Å². The van der Waals surface area contributed by atoms with E-state index < -0.39 is 4.93 Å². The Morgan fingerprint density at radius 1 is 1.42 bits per heavy atom. The van der Waals surface area contributed by atoms with Crippen molar-refractivity contribution in [2.24, 2.45) is 0 Å². The van der Waals surface area contributed by atoms with Crippen LogP contribution in [0.25, 0.3) is 0 Å². The molecule has 1 aliphatic carbocycles. The molecule has 2 rings (SSSR count). The smallest absolute Gasteiger partial charge is 0.316 e. The van der Waals surface area contributed by atoms with Gasteiger partial charge in [-0.25, -0.2) is 0 Å². The minimum Gasteiger partial charge on any atom is -0.374 e. The summed E-state index contributed by atoms with van der Waals surface area (Å²) in [5, 5.41) is 9.81. The molecule has 2 unspecified atom stereocenters. The van der Waals surface area contributed by atoms with E-state index in [1.54, 1.807) is 11.8 Å². The monoisotopic (exact) mass is 192 g/mol. The molecule has 2 atom stereocenters. The van der Waals surface area contributed by atoms with Crippen molar-refractivity contribution in [3.05, 3.63) is 37.0 Å². The van der Waals surface area contributed by atoms with E-state index in [1.165, 1.54) is 0 Å². The van der Waals surface area contributed by atoms with Gasteiger partial charge >= 0.3 is 23.1 Å². The van der Waals surface area contributed by atoms with Crippen LogP contribution in [0.1, 0.15) is 6.42 Å². The normalized spacial score (nSPS) is 41.4. The Bertz CT molecular complexity index is 261. The van der Waals surface area contributed by atoms with E-state index in [1.807, 2.05) is 24.3 Å². The number of hydrogen-bond acceptors (Lipinski definition) is 2. The fourth-order valence-corrected chi connectivity index (χ4v) is 2.67. The van der Waals surface area contributed by atoms with Crippen molar-refractivity contribution in [1.29, 1.82) is 0 Å². The molecule has 0 bridgehead atoms. The third-order valence-electron chi connectivity index (χ3n) is 2.15. The lowest BCUT2D eigenvalue weighted by atomic mass is 9.95. The van der Waals surface area contributed by atoms with Gasteiger partial charge in [0.1, 0.15) is 4.93 Å². The van der Waals surface area contributed by atoms with Crippen molar-refractivity contribution in [2.45, 2.75) is 16.1 Å². The highest BCUT2D eigenvalue weighted by Crippen LogP contribution is 2.66. The Hall–Kier alpha value is 0.296. The summed E-state index contributed by atoms with van der Waals surface area (Å²) >= 11 is 1.58. The minimum atomic E-state index is -0.629. The molecule has 62 valence electrons. The lowest BCUT2D eigenvalue weighted by molar-refractivity contribution is 0.199. The van der Waals surface area contributed by atoms with Gasteiger partial charge in [0.2, 0.25) is 0 Å². The molecular formula is C9H12MgOS. The summed E-state index contributed by atoms with van der Waals surface area (Å²) < 4.78 is -0.0799. The van der Waals surface area contributed by atoms with E-state index in [2.05, 4.69) is 12.7 Å². The van der Waals surface area contributed by atoms with Crippen molar-refractivity contribution >= 4 is 34.8 Å². The van der Waals surface area contributed by atoms with Gasteiger partial charge in [0.25, 0.3) is 0 Å². The topological polar surface area (TPSA) is 20.2 Å². The zero-order chi connectivity index (χ0) is 7.95. The Morgan fingerprint density at radius 3 is 2.67 bits per heavy atom. The van der Waals surface area contributed by atoms with Crippen LogP contribution in [0.2, 0.25) is 0 Å². The van der Waals surface area contributed by atoms with E-state index >= 15 is 0 Å². The zero-order valence-electron chi connectivity index (χ0n) is 6.16. The molecule has 2 aliphatic rings. The van der Waals surface area contributed by atoms with Gasteiger partial charge in [-0.1, -0.05) is 24.3 Å². The molecule has 1 saturated heterocycles. The first-order chi connectivity index (χ1) is 5.22. The average Bonchev–Trinajstić information content (AvgIpc) is 2.56. The maximum Gasteiger partial charge on any atom is 0.316 e. The number of hydrogen-bond donors (Lipinski definition) is 1. The van der Waals surface area contributed by atoms with E-state index in [9.17, 15) is 5.11 Å². The van der Waals surface area contributed by atoms with Crippen molar-refractivity contribution in [1.82, 2.24) is 0 Å². The van der Waals surface area contributed by atoms with Crippen LogP contribution in [0.3, 0.4) is 0 Å². The molecule has 1 heterocycles. The molecule has 0 aromatic carbocycles. The van der Waals surface area contributed by atoms with E-state index in [0.717, 1.165) is 6.42 Å². The van der Waals surface area contributed by atoms with Crippen LogP contribution in [-0.4, -0.2) is 37.8 Å². The van der Waals surface area contributed by atoms with Gasteiger partial charge in [0.15, 0.2) is 0 Å². The van der Waals surface area contributed by atoms with Crippen LogP contribution in [0.4, 0.5) is 0 Å². The molecule has 0 aromatic heterocycles. The zero-order valence-corrected chi connectivity index (χ0v) is 6.97. The van der Waals surface area contributed by atoms with E-state index in [0.29, 0.717) is 0 Å². The van der Waals surface area contributed by atoms with Gasteiger partial charge in [-0.15, -0.1) is 18.3 Å². The molecule has 0 aromatic rings. The molecule has 12 heavy (non-hydrogen) atoms. The third kappa shape index (κ3) is 1.29. The standard InChI is InChI=1S/C9H10OS.Mg.2H/c1-2-5-8-6-3-4-7-9(8,10)11-8;;;/h2-4,6-7,10H,1,5H2;;;. The van der Waals surface area contributed by atoms with Crippen molar-refractivity contribution in [2.75, 3.05) is 0 Å². The van der Waals surface area contributed by atoms with Crippen molar-refractivity contribution in [3.63, 3.8) is 0 Å².